The number of thiophene rings is 1. The Kier molecular flexibility index (Phi) is 3.60. The van der Waals surface area contributed by atoms with Crippen molar-refractivity contribution >= 4 is 21.4 Å². The molecular weight excluding hydrogens is 246 g/mol. The Labute approximate surface area is 99.7 Å². The highest BCUT2D eigenvalue weighted by atomic mass is 32.2. The van der Waals surface area contributed by atoms with Crippen LogP contribution >= 0.6 is 11.3 Å². The molecule has 1 aliphatic rings. The summed E-state index contributed by atoms with van der Waals surface area (Å²) in [7, 11) is -1.23. The third kappa shape index (κ3) is 2.80. The molecule has 1 saturated heterocycles. The Bertz CT molecular complexity index is 422. The van der Waals surface area contributed by atoms with Crippen LogP contribution in [0.1, 0.15) is 0 Å². The van der Waals surface area contributed by atoms with Crippen LogP contribution in [0.5, 0.6) is 0 Å². The number of likely N-dealkylation sites (N-methyl/N-ethyl adjacent to an activating group) is 1. The smallest absolute Gasteiger partial charge is 0.262 e. The predicted molar refractivity (Wildman–Crippen MR) is 62.8 cm³/mol. The second-order valence-corrected chi connectivity index (χ2v) is 6.81. The zero-order chi connectivity index (χ0) is 11.6. The first-order valence-electron chi connectivity index (χ1n) is 5.20. The van der Waals surface area contributed by atoms with Gasteiger partial charge in [-0.1, -0.05) is 6.07 Å². The first kappa shape index (κ1) is 12.0. The molecule has 0 saturated carbocycles. The normalized spacial score (nSPS) is 20.1. The summed E-state index contributed by atoms with van der Waals surface area (Å²) in [4.78, 5) is 4.06. The molecule has 0 amide bonds. The molecule has 0 radical (unpaired) electrons. The fourth-order valence-electron chi connectivity index (χ4n) is 1.61. The Balaban J connectivity index is 2.00. The van der Waals surface area contributed by atoms with Gasteiger partial charge in [-0.25, -0.2) is 13.4 Å². The van der Waals surface area contributed by atoms with Crippen LogP contribution in [-0.2, 0) is 10.0 Å². The van der Waals surface area contributed by atoms with Crippen molar-refractivity contribution in [3.63, 3.8) is 0 Å². The summed E-state index contributed by atoms with van der Waals surface area (Å²) in [5, 5.41) is 3.55. The standard InChI is InChI=1S/C9H15N3O2S2/c1-11-4-6-12(7-5-11)10-16(13,14)9-3-2-8-15-9/h2-3,8,10H,4-7H2,1H3/p+1. The molecule has 1 fully saturated rings. The summed E-state index contributed by atoms with van der Waals surface area (Å²) in [5.74, 6) is 0. The molecule has 2 rings (SSSR count). The molecule has 0 bridgehead atoms. The van der Waals surface area contributed by atoms with Gasteiger partial charge in [-0.15, -0.1) is 16.2 Å². The van der Waals surface area contributed by atoms with E-state index in [4.69, 9.17) is 0 Å². The monoisotopic (exact) mass is 262 g/mol. The molecule has 0 atom stereocenters. The molecule has 7 heteroatoms. The SMILES string of the molecule is C[NH+]1CCN(NS(=O)(=O)c2cccs2)CC1. The molecule has 0 unspecified atom stereocenters. The number of hydrogen-bond donors (Lipinski definition) is 2. The average Bonchev–Trinajstić information content (AvgIpc) is 2.75. The van der Waals surface area contributed by atoms with E-state index in [1.54, 1.807) is 22.5 Å². The lowest BCUT2D eigenvalue weighted by Crippen LogP contribution is -3.12. The molecule has 1 aliphatic heterocycles. The van der Waals surface area contributed by atoms with Crippen molar-refractivity contribution in [2.24, 2.45) is 0 Å². The van der Waals surface area contributed by atoms with E-state index in [1.807, 2.05) is 0 Å². The molecule has 0 aromatic carbocycles. The van der Waals surface area contributed by atoms with Crippen LogP contribution in [0.2, 0.25) is 0 Å². The van der Waals surface area contributed by atoms with Gasteiger partial charge in [-0.05, 0) is 11.4 Å². The highest BCUT2D eigenvalue weighted by Crippen LogP contribution is 2.15. The van der Waals surface area contributed by atoms with Gasteiger partial charge in [0.05, 0.1) is 33.2 Å². The summed E-state index contributed by atoms with van der Waals surface area (Å²) >= 11 is 1.24. The van der Waals surface area contributed by atoms with Gasteiger partial charge in [0.1, 0.15) is 4.21 Å². The van der Waals surface area contributed by atoms with E-state index >= 15 is 0 Å². The van der Waals surface area contributed by atoms with E-state index in [2.05, 4.69) is 11.9 Å². The van der Waals surface area contributed by atoms with Gasteiger partial charge in [-0.2, -0.15) is 0 Å². The van der Waals surface area contributed by atoms with Crippen molar-refractivity contribution in [3.8, 4) is 0 Å². The Morgan fingerprint density at radius 3 is 2.69 bits per heavy atom. The van der Waals surface area contributed by atoms with Crippen molar-refractivity contribution in [1.29, 1.82) is 0 Å². The fraction of sp³-hybridized carbons (Fsp3) is 0.556. The number of piperazine rings is 1. The third-order valence-corrected chi connectivity index (χ3v) is 5.40. The second-order valence-electron chi connectivity index (χ2n) is 3.97. The van der Waals surface area contributed by atoms with Gasteiger partial charge in [0.25, 0.3) is 10.0 Å². The number of sulfonamides is 1. The lowest BCUT2D eigenvalue weighted by atomic mass is 10.4. The highest BCUT2D eigenvalue weighted by Gasteiger charge is 2.23. The molecule has 0 aliphatic carbocycles. The molecule has 1 aromatic rings. The zero-order valence-corrected chi connectivity index (χ0v) is 10.8. The maximum atomic E-state index is 11.9. The van der Waals surface area contributed by atoms with Crippen LogP contribution in [0.3, 0.4) is 0 Å². The highest BCUT2D eigenvalue weighted by molar-refractivity contribution is 7.91. The number of quaternary nitrogens is 1. The van der Waals surface area contributed by atoms with Gasteiger partial charge in [0.2, 0.25) is 0 Å². The Morgan fingerprint density at radius 2 is 2.12 bits per heavy atom. The number of hydrazine groups is 1. The van der Waals surface area contributed by atoms with E-state index in [9.17, 15) is 8.42 Å². The maximum Gasteiger partial charge on any atom is 0.262 e. The molecule has 16 heavy (non-hydrogen) atoms. The molecule has 0 spiro atoms. The van der Waals surface area contributed by atoms with Crippen molar-refractivity contribution in [3.05, 3.63) is 17.5 Å². The lowest BCUT2D eigenvalue weighted by Gasteiger charge is -2.29. The molecular formula is C9H16N3O2S2+. The van der Waals surface area contributed by atoms with E-state index in [1.165, 1.54) is 16.2 Å². The number of nitrogens with one attached hydrogen (secondary N) is 2. The number of nitrogens with zero attached hydrogens (tertiary/aromatic N) is 1. The van der Waals surface area contributed by atoms with Gasteiger partial charge in [0.15, 0.2) is 0 Å². The Hall–Kier alpha value is -0.470. The van der Waals surface area contributed by atoms with Gasteiger partial charge in [-0.3, -0.25) is 0 Å². The van der Waals surface area contributed by atoms with E-state index < -0.39 is 10.0 Å². The zero-order valence-electron chi connectivity index (χ0n) is 9.14. The minimum atomic E-state index is -3.35. The minimum absolute atomic E-state index is 0.374. The second kappa shape index (κ2) is 4.80. The quantitative estimate of drug-likeness (QED) is 0.717. The van der Waals surface area contributed by atoms with E-state index in [-0.39, 0.29) is 0 Å². The van der Waals surface area contributed by atoms with Crippen molar-refractivity contribution in [1.82, 2.24) is 9.84 Å². The first-order chi connectivity index (χ1) is 7.58. The minimum Gasteiger partial charge on any atom is -0.335 e. The molecule has 2 N–H and O–H groups in total. The van der Waals surface area contributed by atoms with Crippen LogP contribution in [0.25, 0.3) is 0 Å². The lowest BCUT2D eigenvalue weighted by molar-refractivity contribution is -0.884. The maximum absolute atomic E-state index is 11.9. The van der Waals surface area contributed by atoms with Crippen molar-refractivity contribution < 1.29 is 13.3 Å². The van der Waals surface area contributed by atoms with Crippen LogP contribution in [0, 0.1) is 0 Å². The molecule has 1 aromatic heterocycles. The van der Waals surface area contributed by atoms with E-state index in [0.717, 1.165) is 26.2 Å². The first-order valence-corrected chi connectivity index (χ1v) is 7.56. The predicted octanol–water partition coefficient (Wildman–Crippen LogP) is -1.23. The molecule has 90 valence electrons. The Morgan fingerprint density at radius 1 is 1.44 bits per heavy atom. The van der Waals surface area contributed by atoms with E-state index in [0.29, 0.717) is 4.21 Å². The summed E-state index contributed by atoms with van der Waals surface area (Å²) in [6.07, 6.45) is 0. The molecule has 5 nitrogen and oxygen atoms in total. The van der Waals surface area contributed by atoms with Gasteiger partial charge < -0.3 is 4.90 Å². The number of rotatable bonds is 3. The van der Waals surface area contributed by atoms with Gasteiger partial charge >= 0.3 is 0 Å². The summed E-state index contributed by atoms with van der Waals surface area (Å²) in [6, 6.07) is 3.36. The van der Waals surface area contributed by atoms with Gasteiger partial charge in [0, 0.05) is 0 Å². The van der Waals surface area contributed by atoms with Crippen LogP contribution in [-0.4, -0.2) is 46.7 Å². The van der Waals surface area contributed by atoms with Crippen LogP contribution < -0.4 is 9.73 Å². The van der Waals surface area contributed by atoms with Crippen molar-refractivity contribution in [2.75, 3.05) is 33.2 Å². The average molecular weight is 262 g/mol. The summed E-state index contributed by atoms with van der Waals surface area (Å²) < 4.78 is 24.2. The number of hydrogen-bond acceptors (Lipinski definition) is 4. The van der Waals surface area contributed by atoms with Crippen LogP contribution in [0.4, 0.5) is 0 Å². The third-order valence-electron chi connectivity index (χ3n) is 2.63. The fourth-order valence-corrected chi connectivity index (χ4v) is 3.71. The summed E-state index contributed by atoms with van der Waals surface area (Å²) in [5.41, 5.74) is 0. The van der Waals surface area contributed by atoms with Crippen LogP contribution in [0.15, 0.2) is 21.7 Å². The topological polar surface area (TPSA) is 53.9 Å². The largest absolute Gasteiger partial charge is 0.335 e. The molecule has 2 heterocycles. The summed E-state index contributed by atoms with van der Waals surface area (Å²) in [6.45, 7) is 3.45. The van der Waals surface area contributed by atoms with Crippen molar-refractivity contribution in [2.45, 2.75) is 4.21 Å².